The Balaban J connectivity index is 2.14. The molecule has 106 valence electrons. The number of nitrogens with one attached hydrogen (secondary N) is 1. The Labute approximate surface area is 114 Å². The summed E-state index contributed by atoms with van der Waals surface area (Å²) in [4.78, 5) is 2.38. The van der Waals surface area contributed by atoms with Crippen LogP contribution >= 0.6 is 0 Å². The van der Waals surface area contributed by atoms with Gasteiger partial charge in [0.15, 0.2) is 0 Å². The number of benzene rings is 1. The maximum absolute atomic E-state index is 12.3. The van der Waals surface area contributed by atoms with Gasteiger partial charge in [0.2, 0.25) is 10.0 Å². The average molecular weight is 283 g/mol. The standard InChI is InChI=1S/C13H21N3O2S/c1-10-3-4-13(12(14)9-10)19(17,18)15-11-5-7-16(2)8-6-11/h3-4,9,11,15H,5-8,14H2,1-2H3. The molecule has 1 saturated heterocycles. The number of hydrogen-bond acceptors (Lipinski definition) is 4. The van der Waals surface area contributed by atoms with Crippen LogP contribution in [-0.4, -0.2) is 39.5 Å². The molecule has 5 nitrogen and oxygen atoms in total. The van der Waals surface area contributed by atoms with Crippen LogP contribution in [0.1, 0.15) is 18.4 Å². The van der Waals surface area contributed by atoms with Crippen molar-refractivity contribution in [2.45, 2.75) is 30.7 Å². The van der Waals surface area contributed by atoms with E-state index in [1.807, 2.05) is 14.0 Å². The van der Waals surface area contributed by atoms with Crippen molar-refractivity contribution in [2.75, 3.05) is 25.9 Å². The molecule has 6 heteroatoms. The summed E-state index contributed by atoms with van der Waals surface area (Å²) in [6.45, 7) is 3.71. The molecule has 0 bridgehead atoms. The smallest absolute Gasteiger partial charge is 0.242 e. The first kappa shape index (κ1) is 14.3. The number of nitrogens with zero attached hydrogens (tertiary/aromatic N) is 1. The largest absolute Gasteiger partial charge is 0.398 e. The molecule has 0 aliphatic carbocycles. The lowest BCUT2D eigenvalue weighted by Crippen LogP contribution is -2.43. The second-order valence-corrected chi connectivity index (χ2v) is 6.92. The summed E-state index contributed by atoms with van der Waals surface area (Å²) in [6.07, 6.45) is 1.67. The van der Waals surface area contributed by atoms with Crippen LogP contribution in [0, 0.1) is 6.92 Å². The van der Waals surface area contributed by atoms with Gasteiger partial charge < -0.3 is 10.6 Å². The van der Waals surface area contributed by atoms with Crippen molar-refractivity contribution in [3.63, 3.8) is 0 Å². The third-order valence-electron chi connectivity index (χ3n) is 3.50. The Bertz CT molecular complexity index is 549. The lowest BCUT2D eigenvalue weighted by Gasteiger charge is -2.29. The van der Waals surface area contributed by atoms with E-state index in [1.165, 1.54) is 0 Å². The van der Waals surface area contributed by atoms with E-state index in [-0.39, 0.29) is 10.9 Å². The molecule has 1 aliphatic heterocycles. The van der Waals surface area contributed by atoms with Crippen molar-refractivity contribution in [1.29, 1.82) is 0 Å². The van der Waals surface area contributed by atoms with Crippen LogP contribution in [0.15, 0.2) is 23.1 Å². The van der Waals surface area contributed by atoms with Crippen LogP contribution in [0.4, 0.5) is 5.69 Å². The molecule has 19 heavy (non-hydrogen) atoms. The van der Waals surface area contributed by atoms with Crippen molar-refractivity contribution in [3.05, 3.63) is 23.8 Å². The van der Waals surface area contributed by atoms with Crippen LogP contribution in [0.2, 0.25) is 0 Å². The van der Waals surface area contributed by atoms with Crippen molar-refractivity contribution in [3.8, 4) is 0 Å². The van der Waals surface area contributed by atoms with Crippen LogP contribution < -0.4 is 10.5 Å². The summed E-state index contributed by atoms with van der Waals surface area (Å²) in [7, 11) is -1.47. The van der Waals surface area contributed by atoms with Gasteiger partial charge >= 0.3 is 0 Å². The number of aryl methyl sites for hydroxylation is 1. The maximum Gasteiger partial charge on any atom is 0.242 e. The first-order valence-electron chi connectivity index (χ1n) is 6.45. The van der Waals surface area contributed by atoms with Gasteiger partial charge in [-0.15, -0.1) is 0 Å². The summed E-state index contributed by atoms with van der Waals surface area (Å²) in [5.74, 6) is 0. The van der Waals surface area contributed by atoms with Gasteiger partial charge in [0.25, 0.3) is 0 Å². The molecule has 1 aromatic rings. The number of nitrogen functional groups attached to an aromatic ring is 1. The van der Waals surface area contributed by atoms with Crippen molar-refractivity contribution >= 4 is 15.7 Å². The fourth-order valence-corrected chi connectivity index (χ4v) is 3.74. The van der Waals surface area contributed by atoms with Crippen molar-refractivity contribution < 1.29 is 8.42 Å². The first-order chi connectivity index (χ1) is 8.88. The topological polar surface area (TPSA) is 75.4 Å². The monoisotopic (exact) mass is 283 g/mol. The average Bonchev–Trinajstić information content (AvgIpc) is 2.31. The molecule has 0 amide bonds. The minimum atomic E-state index is -3.52. The Kier molecular flexibility index (Phi) is 4.13. The van der Waals surface area contributed by atoms with E-state index in [2.05, 4.69) is 9.62 Å². The van der Waals surface area contributed by atoms with Gasteiger partial charge in [-0.05, 0) is 57.6 Å². The van der Waals surface area contributed by atoms with Gasteiger partial charge in [-0.3, -0.25) is 0 Å². The maximum atomic E-state index is 12.3. The molecule has 0 saturated carbocycles. The Morgan fingerprint density at radius 2 is 1.95 bits per heavy atom. The van der Waals surface area contributed by atoms with Gasteiger partial charge in [0.05, 0.1) is 5.69 Å². The van der Waals surface area contributed by atoms with Gasteiger partial charge in [0.1, 0.15) is 4.90 Å². The number of hydrogen-bond donors (Lipinski definition) is 2. The molecular weight excluding hydrogens is 262 g/mol. The normalized spacial score (nSPS) is 18.6. The van der Waals surface area contributed by atoms with E-state index in [0.29, 0.717) is 5.69 Å². The van der Waals surface area contributed by atoms with E-state index >= 15 is 0 Å². The fourth-order valence-electron chi connectivity index (χ4n) is 2.32. The summed E-state index contributed by atoms with van der Waals surface area (Å²) in [6, 6.07) is 5.02. The van der Waals surface area contributed by atoms with E-state index in [1.54, 1.807) is 18.2 Å². The molecule has 0 aromatic heterocycles. The zero-order valence-electron chi connectivity index (χ0n) is 11.4. The van der Waals surface area contributed by atoms with Crippen LogP contribution in [0.5, 0.6) is 0 Å². The van der Waals surface area contributed by atoms with Crippen LogP contribution in [-0.2, 0) is 10.0 Å². The molecular formula is C13H21N3O2S. The molecule has 1 aromatic carbocycles. The number of likely N-dealkylation sites (tertiary alicyclic amines) is 1. The molecule has 0 unspecified atom stereocenters. The molecule has 1 fully saturated rings. The second kappa shape index (κ2) is 5.48. The minimum absolute atomic E-state index is 0.00176. The molecule has 3 N–H and O–H groups in total. The SMILES string of the molecule is Cc1ccc(S(=O)(=O)NC2CCN(C)CC2)c(N)c1. The summed E-state index contributed by atoms with van der Waals surface area (Å²) < 4.78 is 27.4. The predicted molar refractivity (Wildman–Crippen MR) is 76.4 cm³/mol. The molecule has 1 aliphatic rings. The lowest BCUT2D eigenvalue weighted by molar-refractivity contribution is 0.248. The molecule has 0 atom stereocenters. The van der Waals surface area contributed by atoms with Crippen LogP contribution in [0.3, 0.4) is 0 Å². The van der Waals surface area contributed by atoms with E-state index in [4.69, 9.17) is 5.73 Å². The first-order valence-corrected chi connectivity index (χ1v) is 7.94. The lowest BCUT2D eigenvalue weighted by atomic mass is 10.1. The fraction of sp³-hybridized carbons (Fsp3) is 0.538. The molecule has 0 spiro atoms. The Morgan fingerprint density at radius 1 is 1.32 bits per heavy atom. The van der Waals surface area contributed by atoms with Crippen molar-refractivity contribution in [2.24, 2.45) is 0 Å². The second-order valence-electron chi connectivity index (χ2n) is 5.24. The summed E-state index contributed by atoms with van der Waals surface area (Å²) >= 11 is 0. The number of rotatable bonds is 3. The van der Waals surface area contributed by atoms with Gasteiger partial charge in [-0.1, -0.05) is 6.07 Å². The van der Waals surface area contributed by atoms with Crippen molar-refractivity contribution in [1.82, 2.24) is 9.62 Å². The van der Waals surface area contributed by atoms with Gasteiger partial charge in [-0.25, -0.2) is 13.1 Å². The zero-order chi connectivity index (χ0) is 14.0. The number of sulfonamides is 1. The number of piperidine rings is 1. The Morgan fingerprint density at radius 3 is 2.53 bits per heavy atom. The predicted octanol–water partition coefficient (Wildman–Crippen LogP) is 0.950. The summed E-state index contributed by atoms with van der Waals surface area (Å²) in [5, 5.41) is 0. The van der Waals surface area contributed by atoms with Gasteiger partial charge in [-0.2, -0.15) is 0 Å². The number of anilines is 1. The van der Waals surface area contributed by atoms with E-state index in [9.17, 15) is 8.42 Å². The molecule has 1 heterocycles. The molecule has 0 radical (unpaired) electrons. The zero-order valence-corrected chi connectivity index (χ0v) is 12.2. The van der Waals surface area contributed by atoms with E-state index < -0.39 is 10.0 Å². The van der Waals surface area contributed by atoms with E-state index in [0.717, 1.165) is 31.5 Å². The number of nitrogens with two attached hydrogens (primary N) is 1. The quantitative estimate of drug-likeness (QED) is 0.810. The summed E-state index contributed by atoms with van der Waals surface area (Å²) in [5.41, 5.74) is 7.07. The highest BCUT2D eigenvalue weighted by Crippen LogP contribution is 2.21. The van der Waals surface area contributed by atoms with Crippen LogP contribution in [0.25, 0.3) is 0 Å². The highest BCUT2D eigenvalue weighted by molar-refractivity contribution is 7.89. The van der Waals surface area contributed by atoms with Gasteiger partial charge in [0, 0.05) is 6.04 Å². The Hall–Kier alpha value is -1.11. The highest BCUT2D eigenvalue weighted by atomic mass is 32.2. The minimum Gasteiger partial charge on any atom is -0.398 e. The third-order valence-corrected chi connectivity index (χ3v) is 5.09. The third kappa shape index (κ3) is 3.46. The molecule has 2 rings (SSSR count). The highest BCUT2D eigenvalue weighted by Gasteiger charge is 2.24.